The van der Waals surface area contributed by atoms with Crippen LogP contribution in [-0.2, 0) is 26.4 Å². The Morgan fingerprint density at radius 2 is 0.875 bits per heavy atom. The van der Waals surface area contributed by atoms with Crippen molar-refractivity contribution in [2.75, 3.05) is 13.2 Å². The third-order valence-corrected chi connectivity index (χ3v) is 8.94. The van der Waals surface area contributed by atoms with Gasteiger partial charge in [0.05, 0.1) is 23.8 Å². The van der Waals surface area contributed by atoms with E-state index in [-0.39, 0.29) is 31.3 Å². The van der Waals surface area contributed by atoms with Crippen LogP contribution in [0.4, 0.5) is 0 Å². The molecule has 0 spiro atoms. The molecule has 0 heterocycles. The van der Waals surface area contributed by atoms with Gasteiger partial charge in [0.2, 0.25) is 0 Å². The van der Waals surface area contributed by atoms with E-state index in [4.69, 9.17) is 18.9 Å². The lowest BCUT2D eigenvalue weighted by Gasteiger charge is -2.20. The van der Waals surface area contributed by atoms with E-state index in [2.05, 4.69) is 10.6 Å². The lowest BCUT2D eigenvalue weighted by molar-refractivity contribution is 0.0900. The molecule has 6 rings (SSSR count). The van der Waals surface area contributed by atoms with Crippen molar-refractivity contribution in [1.29, 1.82) is 0 Å². The van der Waals surface area contributed by atoms with Crippen LogP contribution in [-0.4, -0.2) is 36.1 Å². The van der Waals surface area contributed by atoms with Crippen molar-refractivity contribution in [3.63, 3.8) is 0 Å². The van der Waals surface area contributed by atoms with Gasteiger partial charge in [-0.15, -0.1) is 0 Å². The van der Waals surface area contributed by atoms with Gasteiger partial charge in [-0.2, -0.15) is 0 Å². The number of aliphatic hydroxyl groups excluding tert-OH is 1. The van der Waals surface area contributed by atoms with Gasteiger partial charge in [0, 0.05) is 6.54 Å². The monoisotopic (exact) mass is 750 g/mol. The maximum Gasteiger partial charge on any atom is 0.255 e. The van der Waals surface area contributed by atoms with Crippen LogP contribution in [0.5, 0.6) is 23.0 Å². The summed E-state index contributed by atoms with van der Waals surface area (Å²) in [5.74, 6) is 0.827. The van der Waals surface area contributed by atoms with Crippen molar-refractivity contribution >= 4 is 11.8 Å². The van der Waals surface area contributed by atoms with Crippen LogP contribution in [0.2, 0.25) is 0 Å². The third-order valence-electron chi connectivity index (χ3n) is 8.94. The summed E-state index contributed by atoms with van der Waals surface area (Å²) in [6, 6.07) is 48.8. The van der Waals surface area contributed by atoms with E-state index in [0.717, 1.165) is 22.3 Å². The largest absolute Gasteiger partial charge is 0.485 e. The molecule has 0 aliphatic rings. The SMILES string of the molecule is O=C(NCCC[C@H](CO)NC(=O)c1cccc(OCc2ccccc2)c1OCc1ccccc1)c1cccc(OCc2ccccc2)c1OCc1ccccc1. The summed E-state index contributed by atoms with van der Waals surface area (Å²) >= 11 is 0. The van der Waals surface area contributed by atoms with Crippen molar-refractivity contribution < 1.29 is 33.6 Å². The molecule has 0 saturated carbocycles. The number of ether oxygens (including phenoxy) is 4. The maximum atomic E-state index is 13.7. The summed E-state index contributed by atoms with van der Waals surface area (Å²) < 4.78 is 24.7. The first-order valence-electron chi connectivity index (χ1n) is 18.7. The molecule has 3 N–H and O–H groups in total. The lowest BCUT2D eigenvalue weighted by atomic mass is 10.1. The van der Waals surface area contributed by atoms with Crippen LogP contribution >= 0.6 is 0 Å². The number of rotatable bonds is 20. The standard InChI is InChI=1S/C47H46N2O7/c50-30-39(49-47(52)41-26-14-28-43(54-32-36-18-7-2-8-19-36)45(41)56-34-38-22-11-4-12-23-38)24-15-29-48-46(51)40-25-13-27-42(53-31-35-16-5-1-6-17-35)44(40)55-33-37-20-9-3-10-21-37/h1-14,16-23,25-28,39,50H,15,24,29-34H2,(H,48,51)(H,49,52)/t39-/m1/s1. The Morgan fingerprint density at radius 1 is 0.482 bits per heavy atom. The number of para-hydroxylation sites is 2. The van der Waals surface area contributed by atoms with Gasteiger partial charge in [0.1, 0.15) is 26.4 Å². The summed E-state index contributed by atoms with van der Waals surface area (Å²) in [5.41, 5.74) is 4.49. The van der Waals surface area contributed by atoms with Gasteiger partial charge in [-0.05, 0) is 59.4 Å². The first-order chi connectivity index (χ1) is 27.6. The normalized spacial score (nSPS) is 11.2. The zero-order chi connectivity index (χ0) is 38.8. The fraction of sp³-hybridized carbons (Fsp3) is 0.191. The average molecular weight is 751 g/mol. The first kappa shape index (κ1) is 39.1. The van der Waals surface area contributed by atoms with E-state index in [0.29, 0.717) is 61.2 Å². The Morgan fingerprint density at radius 3 is 1.29 bits per heavy atom. The van der Waals surface area contributed by atoms with Gasteiger partial charge in [0.25, 0.3) is 11.8 Å². The van der Waals surface area contributed by atoms with Crippen LogP contribution in [0.1, 0.15) is 55.8 Å². The minimum Gasteiger partial charge on any atom is -0.485 e. The molecule has 0 unspecified atom stereocenters. The summed E-state index contributed by atoms with van der Waals surface area (Å²) in [4.78, 5) is 27.3. The number of carbonyl (C=O) groups is 2. The fourth-order valence-corrected chi connectivity index (χ4v) is 5.96. The van der Waals surface area contributed by atoms with Gasteiger partial charge in [-0.25, -0.2) is 0 Å². The van der Waals surface area contributed by atoms with Crippen molar-refractivity contribution in [1.82, 2.24) is 10.6 Å². The molecule has 6 aromatic carbocycles. The molecular weight excluding hydrogens is 705 g/mol. The Bertz CT molecular complexity index is 2110. The van der Waals surface area contributed by atoms with E-state index in [1.807, 2.05) is 121 Å². The van der Waals surface area contributed by atoms with Gasteiger partial charge < -0.3 is 34.7 Å². The van der Waals surface area contributed by atoms with Crippen molar-refractivity contribution in [2.45, 2.75) is 45.3 Å². The molecule has 0 fully saturated rings. The van der Waals surface area contributed by atoms with Crippen LogP contribution in [0.25, 0.3) is 0 Å². The smallest absolute Gasteiger partial charge is 0.255 e. The zero-order valence-corrected chi connectivity index (χ0v) is 31.1. The molecule has 0 radical (unpaired) electrons. The molecule has 1 atom stereocenters. The quantitative estimate of drug-likeness (QED) is 0.0673. The lowest BCUT2D eigenvalue weighted by Crippen LogP contribution is -2.38. The first-order valence-corrected chi connectivity index (χ1v) is 18.7. The summed E-state index contributed by atoms with van der Waals surface area (Å²) in [7, 11) is 0. The zero-order valence-electron chi connectivity index (χ0n) is 31.1. The van der Waals surface area contributed by atoms with Crippen molar-refractivity contribution in [3.05, 3.63) is 191 Å². The second-order valence-electron chi connectivity index (χ2n) is 13.1. The predicted molar refractivity (Wildman–Crippen MR) is 216 cm³/mol. The summed E-state index contributed by atoms with van der Waals surface area (Å²) in [5, 5.41) is 16.2. The highest BCUT2D eigenvalue weighted by Gasteiger charge is 2.22. The molecule has 0 aliphatic carbocycles. The Hall–Kier alpha value is -6.58. The summed E-state index contributed by atoms with van der Waals surface area (Å²) in [6.45, 7) is 1.11. The van der Waals surface area contributed by atoms with Crippen LogP contribution in [0, 0.1) is 0 Å². The maximum absolute atomic E-state index is 13.7. The van der Waals surface area contributed by atoms with Crippen LogP contribution in [0.3, 0.4) is 0 Å². The number of carbonyl (C=O) groups excluding carboxylic acids is 2. The minimum atomic E-state index is -0.574. The predicted octanol–water partition coefficient (Wildman–Crippen LogP) is 8.30. The molecule has 9 nitrogen and oxygen atoms in total. The number of benzene rings is 6. The highest BCUT2D eigenvalue weighted by molar-refractivity contribution is 5.98. The van der Waals surface area contributed by atoms with Gasteiger partial charge in [-0.1, -0.05) is 133 Å². The van der Waals surface area contributed by atoms with E-state index < -0.39 is 11.9 Å². The molecule has 9 heteroatoms. The number of hydrogen-bond donors (Lipinski definition) is 3. The highest BCUT2D eigenvalue weighted by atomic mass is 16.5. The van der Waals surface area contributed by atoms with Crippen LogP contribution in [0.15, 0.2) is 158 Å². The van der Waals surface area contributed by atoms with E-state index in [9.17, 15) is 14.7 Å². The molecule has 2 amide bonds. The molecule has 286 valence electrons. The number of aliphatic hydroxyl groups is 1. The minimum absolute atomic E-state index is 0.233. The second kappa shape index (κ2) is 20.8. The Balaban J connectivity index is 1.08. The second-order valence-corrected chi connectivity index (χ2v) is 13.1. The highest BCUT2D eigenvalue weighted by Crippen LogP contribution is 2.34. The number of nitrogens with one attached hydrogen (secondary N) is 2. The molecule has 0 aromatic heterocycles. The molecular formula is C47H46N2O7. The summed E-state index contributed by atoms with van der Waals surface area (Å²) in [6.07, 6.45) is 0.893. The van der Waals surface area contributed by atoms with Crippen molar-refractivity contribution in [3.8, 4) is 23.0 Å². The molecule has 56 heavy (non-hydrogen) atoms. The van der Waals surface area contributed by atoms with Gasteiger partial charge in [0.15, 0.2) is 23.0 Å². The number of hydrogen-bond acceptors (Lipinski definition) is 7. The van der Waals surface area contributed by atoms with E-state index in [1.54, 1.807) is 36.4 Å². The average Bonchev–Trinajstić information content (AvgIpc) is 3.25. The van der Waals surface area contributed by atoms with Crippen molar-refractivity contribution in [2.24, 2.45) is 0 Å². The molecule has 6 aromatic rings. The Kier molecular flexibility index (Phi) is 14.5. The number of amides is 2. The topological polar surface area (TPSA) is 115 Å². The van der Waals surface area contributed by atoms with E-state index in [1.165, 1.54) is 0 Å². The van der Waals surface area contributed by atoms with Gasteiger partial charge >= 0.3 is 0 Å². The van der Waals surface area contributed by atoms with Gasteiger partial charge in [-0.3, -0.25) is 9.59 Å². The molecule has 0 aliphatic heterocycles. The molecule has 0 bridgehead atoms. The molecule has 0 saturated heterocycles. The van der Waals surface area contributed by atoms with Crippen LogP contribution < -0.4 is 29.6 Å². The third kappa shape index (κ3) is 11.5. The van der Waals surface area contributed by atoms with E-state index >= 15 is 0 Å². The fourth-order valence-electron chi connectivity index (χ4n) is 5.96. The Labute approximate surface area is 327 Å².